The zero-order valence-electron chi connectivity index (χ0n) is 15.5. The summed E-state index contributed by atoms with van der Waals surface area (Å²) in [5.41, 5.74) is 2.29. The molecule has 0 amide bonds. The molecule has 2 fully saturated rings. The van der Waals surface area contributed by atoms with Crippen molar-refractivity contribution in [1.82, 2.24) is 19.6 Å². The van der Waals surface area contributed by atoms with Gasteiger partial charge in [-0.25, -0.2) is 4.68 Å². The number of aliphatic hydroxyl groups is 1. The van der Waals surface area contributed by atoms with E-state index in [1.807, 2.05) is 29.1 Å². The number of aromatic nitrogens is 2. The quantitative estimate of drug-likeness (QED) is 0.917. The molecule has 0 unspecified atom stereocenters. The summed E-state index contributed by atoms with van der Waals surface area (Å²) in [7, 11) is 0. The Morgan fingerprint density at radius 3 is 2.50 bits per heavy atom. The molecule has 0 saturated carbocycles. The Hall–Kier alpha value is -1.69. The van der Waals surface area contributed by atoms with Crippen LogP contribution in [0.4, 0.5) is 0 Å². The fraction of sp³-hybridized carbons (Fsp3) is 0.571. The van der Waals surface area contributed by atoms with Gasteiger partial charge in [-0.1, -0.05) is 31.0 Å². The first-order valence-electron chi connectivity index (χ1n) is 10.0. The van der Waals surface area contributed by atoms with Crippen LogP contribution >= 0.6 is 0 Å². The van der Waals surface area contributed by atoms with Crippen LogP contribution in [0.5, 0.6) is 0 Å². The maximum atomic E-state index is 10.7. The zero-order chi connectivity index (χ0) is 17.8. The molecular weight excluding hydrogens is 324 g/mol. The molecule has 2 aliphatic rings. The van der Waals surface area contributed by atoms with Gasteiger partial charge in [-0.15, -0.1) is 0 Å². The number of hydrogen-bond acceptors (Lipinski definition) is 4. The predicted octanol–water partition coefficient (Wildman–Crippen LogP) is 2.68. The van der Waals surface area contributed by atoms with Crippen LogP contribution in [-0.4, -0.2) is 63.0 Å². The van der Waals surface area contributed by atoms with Crippen molar-refractivity contribution in [3.05, 3.63) is 48.3 Å². The van der Waals surface area contributed by atoms with E-state index >= 15 is 0 Å². The van der Waals surface area contributed by atoms with Crippen molar-refractivity contribution in [2.24, 2.45) is 0 Å². The number of β-amino-alcohol motifs (C(OH)–C–C–N with tert-alkyl or cyclic N) is 1. The van der Waals surface area contributed by atoms with Crippen LogP contribution in [0.1, 0.15) is 37.7 Å². The lowest BCUT2D eigenvalue weighted by Gasteiger charge is -2.41. The van der Waals surface area contributed by atoms with Crippen molar-refractivity contribution in [2.45, 2.75) is 50.8 Å². The lowest BCUT2D eigenvalue weighted by atomic mass is 9.99. The molecule has 5 nitrogen and oxygen atoms in total. The van der Waals surface area contributed by atoms with Gasteiger partial charge in [0.2, 0.25) is 0 Å². The minimum Gasteiger partial charge on any atom is -0.390 e. The maximum absolute atomic E-state index is 10.7. The lowest BCUT2D eigenvalue weighted by molar-refractivity contribution is -0.0144. The van der Waals surface area contributed by atoms with Gasteiger partial charge in [0.05, 0.1) is 18.0 Å². The van der Waals surface area contributed by atoms with Crippen molar-refractivity contribution in [2.75, 3.05) is 26.2 Å². The van der Waals surface area contributed by atoms with E-state index in [2.05, 4.69) is 33.2 Å². The molecule has 2 aromatic rings. The molecule has 1 aromatic carbocycles. The van der Waals surface area contributed by atoms with Gasteiger partial charge in [0.25, 0.3) is 0 Å². The fourth-order valence-corrected chi connectivity index (χ4v) is 4.40. The molecule has 2 saturated heterocycles. The molecule has 4 rings (SSSR count). The summed E-state index contributed by atoms with van der Waals surface area (Å²) in [5, 5.41) is 15.2. The number of aliphatic hydroxyl groups excluding tert-OH is 1. The molecule has 5 heteroatoms. The van der Waals surface area contributed by atoms with E-state index in [0.29, 0.717) is 6.04 Å². The molecule has 2 aliphatic heterocycles. The van der Waals surface area contributed by atoms with E-state index in [1.165, 1.54) is 31.2 Å². The highest BCUT2D eigenvalue weighted by Crippen LogP contribution is 2.22. The number of likely N-dealkylation sites (tertiary alicyclic amines) is 2. The Kier molecular flexibility index (Phi) is 5.68. The molecule has 140 valence electrons. The van der Waals surface area contributed by atoms with Crippen LogP contribution in [0.25, 0.3) is 5.69 Å². The van der Waals surface area contributed by atoms with Crippen molar-refractivity contribution in [3.8, 4) is 5.69 Å². The fourth-order valence-electron chi connectivity index (χ4n) is 4.40. The summed E-state index contributed by atoms with van der Waals surface area (Å²) in [6.07, 6.45) is 10.1. The first-order chi connectivity index (χ1) is 12.8. The number of piperidine rings is 1. The van der Waals surface area contributed by atoms with Gasteiger partial charge in [-0.05, 0) is 44.5 Å². The Labute approximate surface area is 156 Å². The minimum atomic E-state index is -0.244. The van der Waals surface area contributed by atoms with E-state index in [4.69, 9.17) is 0 Å². The van der Waals surface area contributed by atoms with Crippen molar-refractivity contribution in [3.63, 3.8) is 0 Å². The molecule has 0 spiro atoms. The number of para-hydroxylation sites is 1. The first-order valence-corrected chi connectivity index (χ1v) is 10.0. The third kappa shape index (κ3) is 4.17. The summed E-state index contributed by atoms with van der Waals surface area (Å²) < 4.78 is 1.93. The second-order valence-corrected chi connectivity index (χ2v) is 7.74. The molecule has 3 heterocycles. The molecule has 0 radical (unpaired) electrons. The second kappa shape index (κ2) is 8.33. The monoisotopic (exact) mass is 354 g/mol. The largest absolute Gasteiger partial charge is 0.390 e. The third-order valence-electron chi connectivity index (χ3n) is 5.80. The Bertz CT molecular complexity index is 678. The Morgan fingerprint density at radius 2 is 1.77 bits per heavy atom. The lowest BCUT2D eigenvalue weighted by Crippen LogP contribution is -2.54. The third-order valence-corrected chi connectivity index (χ3v) is 5.80. The molecular formula is C21H30N4O. The zero-order valence-corrected chi connectivity index (χ0v) is 15.5. The van der Waals surface area contributed by atoms with Gasteiger partial charge in [0.1, 0.15) is 0 Å². The van der Waals surface area contributed by atoms with E-state index < -0.39 is 0 Å². The van der Waals surface area contributed by atoms with Gasteiger partial charge in [-0.3, -0.25) is 9.80 Å². The van der Waals surface area contributed by atoms with Gasteiger partial charge in [-0.2, -0.15) is 5.10 Å². The van der Waals surface area contributed by atoms with Crippen LogP contribution in [-0.2, 0) is 6.54 Å². The maximum Gasteiger partial charge on any atom is 0.0822 e. The Morgan fingerprint density at radius 1 is 1.00 bits per heavy atom. The molecule has 0 bridgehead atoms. The van der Waals surface area contributed by atoms with Crippen LogP contribution in [0.15, 0.2) is 42.7 Å². The number of benzene rings is 1. The standard InChI is InChI=1S/C21H30N4O/c26-21-17-23(13-10-20(21)24-11-6-1-2-7-12-24)15-18-14-22-25(16-18)19-8-4-3-5-9-19/h3-5,8-9,14,16,20-21,26H,1-2,6-7,10-13,15,17H2/t20-,21-/m0/s1. The van der Waals surface area contributed by atoms with E-state index in [9.17, 15) is 5.11 Å². The van der Waals surface area contributed by atoms with Gasteiger partial charge < -0.3 is 5.11 Å². The summed E-state index contributed by atoms with van der Waals surface area (Å²) in [6.45, 7) is 4.99. The summed E-state index contributed by atoms with van der Waals surface area (Å²) in [5.74, 6) is 0. The normalized spacial score (nSPS) is 25.9. The summed E-state index contributed by atoms with van der Waals surface area (Å²) in [4.78, 5) is 4.91. The van der Waals surface area contributed by atoms with E-state index in [-0.39, 0.29) is 6.10 Å². The van der Waals surface area contributed by atoms with Gasteiger partial charge in [0.15, 0.2) is 0 Å². The van der Waals surface area contributed by atoms with Crippen molar-refractivity contribution >= 4 is 0 Å². The SMILES string of the molecule is O[C@H]1CN(Cc2cnn(-c3ccccc3)c2)CC[C@@H]1N1CCCCCC1. The summed E-state index contributed by atoms with van der Waals surface area (Å²) in [6, 6.07) is 10.5. The molecule has 2 atom stereocenters. The van der Waals surface area contributed by atoms with Crippen LogP contribution in [0.3, 0.4) is 0 Å². The average molecular weight is 354 g/mol. The van der Waals surface area contributed by atoms with E-state index in [1.54, 1.807) is 0 Å². The Balaban J connectivity index is 1.34. The van der Waals surface area contributed by atoms with Crippen LogP contribution < -0.4 is 0 Å². The topological polar surface area (TPSA) is 44.5 Å². The van der Waals surface area contributed by atoms with Crippen LogP contribution in [0.2, 0.25) is 0 Å². The summed E-state index contributed by atoms with van der Waals surface area (Å²) >= 11 is 0. The average Bonchev–Trinajstić information content (AvgIpc) is 2.96. The van der Waals surface area contributed by atoms with Crippen molar-refractivity contribution < 1.29 is 5.11 Å². The minimum absolute atomic E-state index is 0.244. The first kappa shape index (κ1) is 17.7. The highest BCUT2D eigenvalue weighted by atomic mass is 16.3. The van der Waals surface area contributed by atoms with Gasteiger partial charge in [0, 0.05) is 37.4 Å². The highest BCUT2D eigenvalue weighted by Gasteiger charge is 2.32. The van der Waals surface area contributed by atoms with Crippen LogP contribution in [0, 0.1) is 0 Å². The number of nitrogens with zero attached hydrogens (tertiary/aromatic N) is 4. The van der Waals surface area contributed by atoms with Crippen molar-refractivity contribution in [1.29, 1.82) is 0 Å². The molecule has 1 N–H and O–H groups in total. The number of hydrogen-bond donors (Lipinski definition) is 1. The van der Waals surface area contributed by atoms with E-state index in [0.717, 1.165) is 44.8 Å². The molecule has 1 aromatic heterocycles. The van der Waals surface area contributed by atoms with Gasteiger partial charge >= 0.3 is 0 Å². The predicted molar refractivity (Wildman–Crippen MR) is 103 cm³/mol. The second-order valence-electron chi connectivity index (χ2n) is 7.74. The molecule has 26 heavy (non-hydrogen) atoms. The molecule has 0 aliphatic carbocycles. The smallest absolute Gasteiger partial charge is 0.0822 e. The number of rotatable bonds is 4. The highest BCUT2D eigenvalue weighted by molar-refractivity contribution is 5.30.